The molecule has 148 valence electrons. The molecule has 3 aromatic rings. The summed E-state index contributed by atoms with van der Waals surface area (Å²) < 4.78 is 20.7. The zero-order valence-electron chi connectivity index (χ0n) is 16.5. The molecule has 2 aromatic carbocycles. The Balaban J connectivity index is 2.11. The molecule has 28 heavy (non-hydrogen) atoms. The molecule has 1 unspecified atom stereocenters. The van der Waals surface area contributed by atoms with Crippen LogP contribution in [0.4, 0.5) is 0 Å². The number of aryl methyl sites for hydroxylation is 1. The van der Waals surface area contributed by atoms with Gasteiger partial charge in [-0.25, -0.2) is 0 Å². The van der Waals surface area contributed by atoms with E-state index in [0.717, 1.165) is 43.1 Å². The Bertz CT molecular complexity index is 983. The smallest absolute Gasteiger partial charge is 0.335 e. The van der Waals surface area contributed by atoms with Crippen LogP contribution in [-0.2, 0) is 17.8 Å². The van der Waals surface area contributed by atoms with E-state index in [4.69, 9.17) is 4.74 Å². The van der Waals surface area contributed by atoms with Crippen molar-refractivity contribution in [1.82, 2.24) is 3.97 Å². The number of para-hydroxylation sites is 1. The zero-order chi connectivity index (χ0) is 19.9. The molecule has 0 aliphatic carbocycles. The quantitative estimate of drug-likeness (QED) is 0.373. The maximum absolute atomic E-state index is 13.6. The molecule has 0 saturated carbocycles. The van der Waals surface area contributed by atoms with E-state index in [9.17, 15) is 9.35 Å². The lowest BCUT2D eigenvalue weighted by Gasteiger charge is -2.17. The molecule has 0 amide bonds. The SMILES string of the molecule is CCCCOc1cc2ccccc2n([S+]([O-])c2ccccc2CCCC)c1=O. The van der Waals surface area contributed by atoms with E-state index in [2.05, 4.69) is 13.8 Å². The van der Waals surface area contributed by atoms with Crippen LogP contribution >= 0.6 is 0 Å². The first-order chi connectivity index (χ1) is 13.7. The van der Waals surface area contributed by atoms with Crippen molar-refractivity contribution in [2.45, 2.75) is 50.8 Å². The van der Waals surface area contributed by atoms with Crippen molar-refractivity contribution < 1.29 is 9.29 Å². The third-order valence-corrected chi connectivity index (χ3v) is 6.19. The summed E-state index contributed by atoms with van der Waals surface area (Å²) in [6.07, 6.45) is 4.78. The average Bonchev–Trinajstić information content (AvgIpc) is 2.72. The maximum atomic E-state index is 13.6. The zero-order valence-corrected chi connectivity index (χ0v) is 17.3. The third kappa shape index (κ3) is 4.42. The summed E-state index contributed by atoms with van der Waals surface area (Å²) in [4.78, 5) is 13.9. The fourth-order valence-corrected chi connectivity index (χ4v) is 4.52. The summed E-state index contributed by atoms with van der Waals surface area (Å²) in [5, 5.41) is 0.841. The van der Waals surface area contributed by atoms with E-state index in [0.29, 0.717) is 17.0 Å². The highest BCUT2D eigenvalue weighted by Gasteiger charge is 2.24. The standard InChI is InChI=1S/C23H27NO3S/c1-3-5-11-18-12-8-10-15-22(18)28(26)24-20-14-9-7-13-19(20)17-21(23(24)25)27-16-6-4-2/h7-10,12-15,17H,3-6,11,16H2,1-2H3. The number of ether oxygens (including phenoxy) is 1. The van der Waals surface area contributed by atoms with Gasteiger partial charge in [0.2, 0.25) is 0 Å². The van der Waals surface area contributed by atoms with Crippen LogP contribution in [0.5, 0.6) is 5.75 Å². The molecule has 1 heterocycles. The van der Waals surface area contributed by atoms with E-state index < -0.39 is 11.4 Å². The Kier molecular flexibility index (Phi) is 7.18. The van der Waals surface area contributed by atoms with Crippen LogP contribution in [-0.4, -0.2) is 15.1 Å². The lowest BCUT2D eigenvalue weighted by atomic mass is 10.1. The number of unbranched alkanes of at least 4 members (excludes halogenated alkanes) is 2. The number of pyridine rings is 1. The van der Waals surface area contributed by atoms with E-state index in [1.807, 2.05) is 48.5 Å². The Morgan fingerprint density at radius 2 is 1.71 bits per heavy atom. The summed E-state index contributed by atoms with van der Waals surface area (Å²) in [5.74, 6) is 0.256. The Morgan fingerprint density at radius 1 is 1.00 bits per heavy atom. The lowest BCUT2D eigenvalue weighted by molar-refractivity contribution is 0.305. The van der Waals surface area contributed by atoms with Crippen molar-refractivity contribution in [3.8, 4) is 5.75 Å². The van der Waals surface area contributed by atoms with Crippen LogP contribution in [0.3, 0.4) is 0 Å². The van der Waals surface area contributed by atoms with Crippen molar-refractivity contribution in [3.05, 3.63) is 70.5 Å². The van der Waals surface area contributed by atoms with Crippen LogP contribution < -0.4 is 10.3 Å². The van der Waals surface area contributed by atoms with E-state index >= 15 is 0 Å². The minimum Gasteiger partial charge on any atom is -0.587 e. The molecule has 4 nitrogen and oxygen atoms in total. The van der Waals surface area contributed by atoms with Gasteiger partial charge in [-0.1, -0.05) is 63.1 Å². The van der Waals surface area contributed by atoms with E-state index in [-0.39, 0.29) is 11.3 Å². The monoisotopic (exact) mass is 397 g/mol. The number of hydrogen-bond acceptors (Lipinski definition) is 3. The number of hydrogen-bond donors (Lipinski definition) is 0. The Morgan fingerprint density at radius 3 is 2.50 bits per heavy atom. The van der Waals surface area contributed by atoms with Gasteiger partial charge < -0.3 is 9.29 Å². The molecule has 0 aliphatic rings. The summed E-state index contributed by atoms with van der Waals surface area (Å²) in [6, 6.07) is 16.9. The van der Waals surface area contributed by atoms with Gasteiger partial charge in [0.1, 0.15) is 16.9 Å². The molecule has 1 aromatic heterocycles. The molecule has 3 rings (SSSR count). The molecule has 0 fully saturated rings. The first-order valence-corrected chi connectivity index (χ1v) is 11.1. The molecular weight excluding hydrogens is 370 g/mol. The Labute approximate surface area is 169 Å². The topological polar surface area (TPSA) is 54.3 Å². The van der Waals surface area contributed by atoms with Gasteiger partial charge in [0.05, 0.1) is 6.61 Å². The number of nitrogens with zero attached hydrogens (tertiary/aromatic N) is 1. The van der Waals surface area contributed by atoms with Gasteiger partial charge in [0, 0.05) is 10.9 Å². The minimum absolute atomic E-state index is 0.256. The van der Waals surface area contributed by atoms with Crippen LogP contribution in [0.2, 0.25) is 0 Å². The minimum atomic E-state index is -1.64. The van der Waals surface area contributed by atoms with E-state index in [1.54, 1.807) is 6.07 Å². The normalized spacial score (nSPS) is 12.2. The van der Waals surface area contributed by atoms with Crippen LogP contribution in [0, 0.1) is 0 Å². The first kappa shape index (κ1) is 20.5. The number of benzene rings is 2. The molecule has 0 spiro atoms. The fourth-order valence-electron chi connectivity index (χ4n) is 3.15. The summed E-state index contributed by atoms with van der Waals surface area (Å²) in [7, 11) is 0. The number of fused-ring (bicyclic) bond motifs is 1. The van der Waals surface area contributed by atoms with Crippen molar-refractivity contribution in [1.29, 1.82) is 0 Å². The summed E-state index contributed by atoms with van der Waals surface area (Å²) in [6.45, 7) is 4.68. The number of rotatable bonds is 9. The fraction of sp³-hybridized carbons (Fsp3) is 0.348. The molecule has 0 aliphatic heterocycles. The highest BCUT2D eigenvalue weighted by atomic mass is 32.2. The molecular formula is C23H27NO3S. The van der Waals surface area contributed by atoms with Gasteiger partial charge in [0.25, 0.3) is 0 Å². The van der Waals surface area contributed by atoms with Crippen molar-refractivity contribution in [3.63, 3.8) is 0 Å². The van der Waals surface area contributed by atoms with Gasteiger partial charge in [-0.05, 0) is 37.5 Å². The summed E-state index contributed by atoms with van der Waals surface area (Å²) >= 11 is -1.64. The molecule has 0 radical (unpaired) electrons. The second kappa shape index (κ2) is 9.80. The number of aromatic nitrogens is 1. The van der Waals surface area contributed by atoms with Gasteiger partial charge in [-0.15, -0.1) is 3.97 Å². The molecule has 0 N–H and O–H groups in total. The van der Waals surface area contributed by atoms with Gasteiger partial charge in [-0.2, -0.15) is 0 Å². The van der Waals surface area contributed by atoms with Crippen molar-refractivity contribution in [2.75, 3.05) is 6.61 Å². The van der Waals surface area contributed by atoms with Gasteiger partial charge >= 0.3 is 5.56 Å². The van der Waals surface area contributed by atoms with Gasteiger partial charge in [-0.3, -0.25) is 4.79 Å². The molecule has 0 bridgehead atoms. The second-order valence-corrected chi connectivity index (χ2v) is 8.13. The second-order valence-electron chi connectivity index (χ2n) is 6.83. The molecule has 0 saturated heterocycles. The van der Waals surface area contributed by atoms with Crippen molar-refractivity contribution >= 4 is 22.3 Å². The van der Waals surface area contributed by atoms with Crippen LogP contribution in [0.25, 0.3) is 10.9 Å². The largest absolute Gasteiger partial charge is 0.587 e. The highest BCUT2D eigenvalue weighted by molar-refractivity contribution is 7.90. The van der Waals surface area contributed by atoms with Crippen molar-refractivity contribution in [2.24, 2.45) is 0 Å². The van der Waals surface area contributed by atoms with E-state index in [1.165, 1.54) is 3.97 Å². The third-order valence-electron chi connectivity index (χ3n) is 4.72. The predicted octanol–water partition coefficient (Wildman–Crippen LogP) is 5.09. The Hall–Kier alpha value is -2.24. The maximum Gasteiger partial charge on any atom is 0.335 e. The van der Waals surface area contributed by atoms with Gasteiger partial charge in [0.15, 0.2) is 10.6 Å². The molecule has 1 atom stereocenters. The van der Waals surface area contributed by atoms with Crippen LogP contribution in [0.1, 0.15) is 45.1 Å². The predicted molar refractivity (Wildman–Crippen MR) is 115 cm³/mol. The lowest BCUT2D eigenvalue weighted by Crippen LogP contribution is -2.29. The summed E-state index contributed by atoms with van der Waals surface area (Å²) in [5.41, 5.74) is 1.33. The average molecular weight is 398 g/mol. The highest BCUT2D eigenvalue weighted by Crippen LogP contribution is 2.25. The molecule has 5 heteroatoms. The first-order valence-electron chi connectivity index (χ1n) is 9.95. The van der Waals surface area contributed by atoms with Crippen LogP contribution in [0.15, 0.2) is 64.3 Å².